The predicted octanol–water partition coefficient (Wildman–Crippen LogP) is 0.647. The van der Waals surface area contributed by atoms with Crippen LogP contribution in [0.15, 0.2) is 18.2 Å². The molecule has 8 nitrogen and oxygen atoms in total. The van der Waals surface area contributed by atoms with Gasteiger partial charge in [0.15, 0.2) is 0 Å². The molecular weight excluding hydrogens is 360 g/mol. The Morgan fingerprint density at radius 3 is 2.61 bits per heavy atom. The maximum Gasteiger partial charge on any atom is 0.262 e. The van der Waals surface area contributed by atoms with Gasteiger partial charge in [0.05, 0.1) is 11.1 Å². The van der Waals surface area contributed by atoms with Crippen LogP contribution in [0.25, 0.3) is 0 Å². The second-order valence-corrected chi connectivity index (χ2v) is 7.28. The van der Waals surface area contributed by atoms with Crippen LogP contribution >= 0.6 is 0 Å². The normalized spacial score (nSPS) is 20.6. The first kappa shape index (κ1) is 20.2. The van der Waals surface area contributed by atoms with Crippen molar-refractivity contribution >= 4 is 23.6 Å². The smallest absolute Gasteiger partial charge is 0.262 e. The van der Waals surface area contributed by atoms with Gasteiger partial charge in [0.1, 0.15) is 6.04 Å². The van der Waals surface area contributed by atoms with E-state index in [1.807, 2.05) is 19.9 Å². The largest absolute Gasteiger partial charge is 0.327 e. The maximum absolute atomic E-state index is 13.1. The third-order valence-electron chi connectivity index (χ3n) is 5.41. The van der Waals surface area contributed by atoms with E-state index in [-0.39, 0.29) is 24.8 Å². The predicted molar refractivity (Wildman–Crippen MR) is 102 cm³/mol. The number of amides is 4. The van der Waals surface area contributed by atoms with E-state index in [4.69, 9.17) is 5.73 Å². The van der Waals surface area contributed by atoms with Crippen LogP contribution in [0, 0.1) is 0 Å². The van der Waals surface area contributed by atoms with Crippen molar-refractivity contribution in [2.45, 2.75) is 51.7 Å². The van der Waals surface area contributed by atoms with Crippen LogP contribution in [-0.2, 0) is 16.1 Å². The average Bonchev–Trinajstić information content (AvgIpc) is 2.93. The molecule has 2 aliphatic rings. The number of carbonyl (C=O) groups excluding carboxylic acids is 4. The molecule has 2 aliphatic heterocycles. The summed E-state index contributed by atoms with van der Waals surface area (Å²) >= 11 is 0. The van der Waals surface area contributed by atoms with Crippen molar-refractivity contribution < 1.29 is 19.2 Å². The average molecular weight is 386 g/mol. The summed E-state index contributed by atoms with van der Waals surface area (Å²) in [5, 5.41) is 2.21. The molecule has 2 heterocycles. The Hall–Kier alpha value is -2.58. The van der Waals surface area contributed by atoms with Crippen LogP contribution in [0.1, 0.15) is 59.4 Å². The maximum atomic E-state index is 13.1. The van der Waals surface area contributed by atoms with Gasteiger partial charge in [0.25, 0.3) is 11.8 Å². The van der Waals surface area contributed by atoms with Crippen molar-refractivity contribution in [1.29, 1.82) is 0 Å². The van der Waals surface area contributed by atoms with E-state index in [1.165, 1.54) is 0 Å². The van der Waals surface area contributed by atoms with Gasteiger partial charge in [-0.15, -0.1) is 0 Å². The number of nitrogens with two attached hydrogens (primary N) is 1. The molecule has 3 rings (SSSR count). The number of likely N-dealkylation sites (N-methyl/N-ethyl adjacent to an activating group) is 1. The van der Waals surface area contributed by atoms with Crippen molar-refractivity contribution in [3.05, 3.63) is 34.9 Å². The highest BCUT2D eigenvalue weighted by Gasteiger charge is 2.45. The molecule has 1 unspecified atom stereocenters. The first-order chi connectivity index (χ1) is 13.4. The number of piperidine rings is 1. The Bertz CT molecular complexity index is 822. The van der Waals surface area contributed by atoms with E-state index >= 15 is 0 Å². The minimum atomic E-state index is -0.950. The topological polar surface area (TPSA) is 113 Å². The second-order valence-electron chi connectivity index (χ2n) is 7.28. The van der Waals surface area contributed by atoms with Gasteiger partial charge in [-0.3, -0.25) is 34.3 Å². The minimum Gasteiger partial charge on any atom is -0.327 e. The van der Waals surface area contributed by atoms with Gasteiger partial charge >= 0.3 is 0 Å². The summed E-state index contributed by atoms with van der Waals surface area (Å²) in [6.07, 6.45) is 1.11. The van der Waals surface area contributed by atoms with Gasteiger partial charge in [0.2, 0.25) is 11.8 Å². The fraction of sp³-hybridized carbons (Fsp3) is 0.500. The molecule has 28 heavy (non-hydrogen) atoms. The summed E-state index contributed by atoms with van der Waals surface area (Å²) in [5.41, 5.74) is 7.47. The van der Waals surface area contributed by atoms with Crippen molar-refractivity contribution in [1.82, 2.24) is 15.1 Å². The Morgan fingerprint density at radius 2 is 1.96 bits per heavy atom. The van der Waals surface area contributed by atoms with Crippen LogP contribution < -0.4 is 11.1 Å². The fourth-order valence-corrected chi connectivity index (χ4v) is 3.72. The van der Waals surface area contributed by atoms with Crippen LogP contribution in [0.2, 0.25) is 0 Å². The molecule has 150 valence electrons. The molecule has 1 saturated heterocycles. The number of hydrogen-bond acceptors (Lipinski definition) is 6. The Labute approximate surface area is 164 Å². The molecule has 0 spiro atoms. The molecule has 0 bridgehead atoms. The SMILES string of the molecule is CC[C@H](N)CN(CC)Cc1cccc2c1C(=O)N(C1CCC(=O)NC1=O)C2=O. The van der Waals surface area contributed by atoms with Gasteiger partial charge < -0.3 is 5.73 Å². The zero-order valence-corrected chi connectivity index (χ0v) is 16.2. The molecule has 0 aliphatic carbocycles. The first-order valence-electron chi connectivity index (χ1n) is 9.68. The summed E-state index contributed by atoms with van der Waals surface area (Å²) < 4.78 is 0. The number of rotatable bonds is 7. The van der Waals surface area contributed by atoms with Crippen molar-refractivity contribution in [2.75, 3.05) is 13.1 Å². The molecule has 1 fully saturated rings. The lowest BCUT2D eigenvalue weighted by Crippen LogP contribution is -2.54. The molecule has 0 radical (unpaired) electrons. The van der Waals surface area contributed by atoms with E-state index in [2.05, 4.69) is 10.2 Å². The molecule has 0 saturated carbocycles. The van der Waals surface area contributed by atoms with E-state index in [0.29, 0.717) is 24.2 Å². The van der Waals surface area contributed by atoms with Gasteiger partial charge in [-0.25, -0.2) is 0 Å². The van der Waals surface area contributed by atoms with E-state index in [0.717, 1.165) is 23.4 Å². The summed E-state index contributed by atoms with van der Waals surface area (Å²) in [4.78, 5) is 52.7. The third-order valence-corrected chi connectivity index (χ3v) is 5.41. The lowest BCUT2D eigenvalue weighted by molar-refractivity contribution is -0.136. The van der Waals surface area contributed by atoms with Gasteiger partial charge in [-0.1, -0.05) is 26.0 Å². The number of fused-ring (bicyclic) bond motifs is 1. The summed E-state index contributed by atoms with van der Waals surface area (Å²) in [5.74, 6) is -1.94. The Balaban J connectivity index is 1.88. The number of nitrogens with one attached hydrogen (secondary N) is 1. The zero-order valence-electron chi connectivity index (χ0n) is 16.2. The first-order valence-corrected chi connectivity index (χ1v) is 9.68. The van der Waals surface area contributed by atoms with Crippen LogP contribution in [0.5, 0.6) is 0 Å². The Morgan fingerprint density at radius 1 is 1.21 bits per heavy atom. The number of imide groups is 2. The fourth-order valence-electron chi connectivity index (χ4n) is 3.72. The van der Waals surface area contributed by atoms with E-state index < -0.39 is 23.8 Å². The molecule has 8 heteroatoms. The van der Waals surface area contributed by atoms with Crippen LogP contribution in [0.4, 0.5) is 0 Å². The van der Waals surface area contributed by atoms with E-state index in [9.17, 15) is 19.2 Å². The summed E-state index contributed by atoms with van der Waals surface area (Å²) in [6.45, 7) is 5.99. The standard InChI is InChI=1S/C20H26N4O4/c1-3-13(21)11-23(4-2)10-12-6-5-7-14-17(12)20(28)24(19(14)27)15-8-9-16(25)22-18(15)26/h5-7,13,15H,3-4,8-11,21H2,1-2H3,(H,22,25,26)/t13-,15?/m0/s1. The minimum absolute atomic E-state index is 0.0361. The second kappa shape index (κ2) is 8.20. The monoisotopic (exact) mass is 386 g/mol. The number of nitrogens with zero attached hydrogens (tertiary/aromatic N) is 2. The lowest BCUT2D eigenvalue weighted by atomic mass is 10.0. The number of hydrogen-bond donors (Lipinski definition) is 2. The van der Waals surface area contributed by atoms with Crippen LogP contribution in [0.3, 0.4) is 0 Å². The number of carbonyl (C=O) groups is 4. The highest BCUT2D eigenvalue weighted by molar-refractivity contribution is 6.24. The zero-order chi connectivity index (χ0) is 20.4. The summed E-state index contributed by atoms with van der Waals surface area (Å²) in [7, 11) is 0. The Kier molecular flexibility index (Phi) is 5.90. The third kappa shape index (κ3) is 3.70. The molecule has 2 atom stereocenters. The van der Waals surface area contributed by atoms with Gasteiger partial charge in [-0.05, 0) is 31.0 Å². The van der Waals surface area contributed by atoms with E-state index in [1.54, 1.807) is 12.1 Å². The van der Waals surface area contributed by atoms with Gasteiger partial charge in [0, 0.05) is 25.6 Å². The van der Waals surface area contributed by atoms with Crippen molar-refractivity contribution in [2.24, 2.45) is 5.73 Å². The summed E-state index contributed by atoms with van der Waals surface area (Å²) in [6, 6.07) is 4.28. The molecule has 1 aromatic carbocycles. The molecule has 1 aromatic rings. The molecular formula is C20H26N4O4. The quantitative estimate of drug-likeness (QED) is 0.665. The molecule has 3 N–H and O–H groups in total. The van der Waals surface area contributed by atoms with Gasteiger partial charge in [-0.2, -0.15) is 0 Å². The van der Waals surface area contributed by atoms with Crippen LogP contribution in [-0.4, -0.2) is 58.6 Å². The highest BCUT2D eigenvalue weighted by Crippen LogP contribution is 2.30. The molecule has 4 amide bonds. The number of benzene rings is 1. The van der Waals surface area contributed by atoms with Crippen molar-refractivity contribution in [3.8, 4) is 0 Å². The van der Waals surface area contributed by atoms with Crippen molar-refractivity contribution in [3.63, 3.8) is 0 Å². The lowest BCUT2D eigenvalue weighted by Gasteiger charge is -2.28. The molecule has 0 aromatic heterocycles. The highest BCUT2D eigenvalue weighted by atomic mass is 16.2.